The molecule has 1 N–H and O–H groups in total. The number of hydrogen-bond acceptors (Lipinski definition) is 6. The van der Waals surface area contributed by atoms with Crippen LogP contribution in [0, 0.1) is 0 Å². The van der Waals surface area contributed by atoms with Crippen LogP contribution >= 0.6 is 0 Å². The summed E-state index contributed by atoms with van der Waals surface area (Å²) in [4.78, 5) is 25.7. The van der Waals surface area contributed by atoms with Crippen molar-refractivity contribution >= 4 is 5.97 Å². The number of ether oxygens (including phenoxy) is 1. The summed E-state index contributed by atoms with van der Waals surface area (Å²) in [5, 5.41) is 8.79. The van der Waals surface area contributed by atoms with Crippen molar-refractivity contribution in [3.63, 3.8) is 0 Å². The summed E-state index contributed by atoms with van der Waals surface area (Å²) in [5.74, 6) is -0.119. The number of allylic oxidation sites excluding steroid dienone is 3. The molecule has 0 radical (unpaired) electrons. The van der Waals surface area contributed by atoms with Crippen LogP contribution in [0.5, 0.6) is 0 Å². The molecule has 6 heteroatoms. The lowest BCUT2D eigenvalue weighted by molar-refractivity contribution is -0.348. The van der Waals surface area contributed by atoms with Crippen molar-refractivity contribution in [3.8, 4) is 0 Å². The summed E-state index contributed by atoms with van der Waals surface area (Å²) in [6.45, 7) is 1.93. The van der Waals surface area contributed by atoms with Gasteiger partial charge in [-0.3, -0.25) is 10.1 Å². The van der Waals surface area contributed by atoms with Gasteiger partial charge >= 0.3 is 5.97 Å². The maximum atomic E-state index is 11.0. The molecule has 0 saturated carbocycles. The van der Waals surface area contributed by atoms with E-state index in [9.17, 15) is 4.79 Å². The third-order valence-corrected chi connectivity index (χ3v) is 4.27. The average molecular weight is 356 g/mol. The standard InChI is InChI=1S/C19H32O6/c1-3-17(23-21)18-15-16(24-25-18)13-11-9-7-5-4-6-8-10-12-14-19(20)22-2/h7,9,11,13,16-18,21H,3-6,8,10,12,14-15H2,1-2H3/b9-7+,13-11+. The van der Waals surface area contributed by atoms with Gasteiger partial charge < -0.3 is 4.74 Å². The maximum Gasteiger partial charge on any atom is 0.305 e. The Labute approximate surface area is 150 Å². The molecule has 144 valence electrons. The van der Waals surface area contributed by atoms with Crippen LogP contribution in [0.4, 0.5) is 0 Å². The van der Waals surface area contributed by atoms with E-state index >= 15 is 0 Å². The number of unbranched alkanes of at least 4 members (excludes halogenated alkanes) is 5. The normalized spacial score (nSPS) is 22.0. The minimum atomic E-state index is -0.346. The number of hydrogen-bond donors (Lipinski definition) is 1. The fourth-order valence-corrected chi connectivity index (χ4v) is 2.71. The molecule has 3 unspecified atom stereocenters. The Kier molecular flexibility index (Phi) is 12.2. The zero-order chi connectivity index (χ0) is 18.3. The average Bonchev–Trinajstić information content (AvgIpc) is 3.09. The van der Waals surface area contributed by atoms with Crippen LogP contribution in [0.25, 0.3) is 0 Å². The molecule has 1 heterocycles. The second-order valence-corrected chi connectivity index (χ2v) is 6.25. The molecule has 0 spiro atoms. The van der Waals surface area contributed by atoms with E-state index in [1.54, 1.807) is 0 Å². The van der Waals surface area contributed by atoms with Gasteiger partial charge in [-0.05, 0) is 25.7 Å². The highest BCUT2D eigenvalue weighted by Gasteiger charge is 2.32. The van der Waals surface area contributed by atoms with E-state index in [2.05, 4.69) is 15.7 Å². The van der Waals surface area contributed by atoms with Gasteiger partial charge in [-0.2, -0.15) is 0 Å². The Morgan fingerprint density at radius 1 is 1.20 bits per heavy atom. The first-order valence-electron chi connectivity index (χ1n) is 9.23. The first-order valence-corrected chi connectivity index (χ1v) is 9.23. The zero-order valence-corrected chi connectivity index (χ0v) is 15.4. The summed E-state index contributed by atoms with van der Waals surface area (Å²) in [7, 11) is 1.43. The zero-order valence-electron chi connectivity index (χ0n) is 15.4. The van der Waals surface area contributed by atoms with Gasteiger partial charge in [0, 0.05) is 12.8 Å². The molecule has 0 amide bonds. The molecule has 1 aliphatic rings. The molecule has 0 aromatic rings. The smallest absolute Gasteiger partial charge is 0.305 e. The summed E-state index contributed by atoms with van der Waals surface area (Å²) in [6.07, 6.45) is 15.8. The van der Waals surface area contributed by atoms with Crippen LogP contribution in [0.1, 0.15) is 64.7 Å². The van der Waals surface area contributed by atoms with Crippen molar-refractivity contribution in [2.75, 3.05) is 7.11 Å². The Balaban J connectivity index is 2.01. The Hall–Kier alpha value is -1.21. The quantitative estimate of drug-likeness (QED) is 0.174. The van der Waals surface area contributed by atoms with Crippen LogP contribution in [0.3, 0.4) is 0 Å². The van der Waals surface area contributed by atoms with Crippen LogP contribution in [0.2, 0.25) is 0 Å². The van der Waals surface area contributed by atoms with E-state index in [4.69, 9.17) is 15.0 Å². The molecule has 1 rings (SSSR count). The first-order chi connectivity index (χ1) is 12.2. The van der Waals surface area contributed by atoms with Gasteiger partial charge in [0.15, 0.2) is 0 Å². The third-order valence-electron chi connectivity index (χ3n) is 4.27. The maximum absolute atomic E-state index is 11.0. The SMILES string of the molecule is CCC(OO)C1CC(/C=C/C=C/CCCCCCCC(=O)OC)OO1. The fraction of sp³-hybridized carbons (Fsp3) is 0.737. The van der Waals surface area contributed by atoms with Gasteiger partial charge in [0.2, 0.25) is 0 Å². The second kappa shape index (κ2) is 14.0. The highest BCUT2D eigenvalue weighted by atomic mass is 17.2. The Morgan fingerprint density at radius 2 is 1.96 bits per heavy atom. The predicted molar refractivity (Wildman–Crippen MR) is 94.8 cm³/mol. The van der Waals surface area contributed by atoms with E-state index in [-0.39, 0.29) is 24.3 Å². The Morgan fingerprint density at radius 3 is 2.68 bits per heavy atom. The van der Waals surface area contributed by atoms with E-state index in [0.29, 0.717) is 19.3 Å². The molecule has 3 atom stereocenters. The van der Waals surface area contributed by atoms with E-state index in [1.807, 2.05) is 25.2 Å². The Bertz CT molecular complexity index is 403. The van der Waals surface area contributed by atoms with Crippen molar-refractivity contribution in [2.45, 2.75) is 83.0 Å². The molecule has 1 saturated heterocycles. The molecule has 0 aliphatic carbocycles. The number of esters is 1. The predicted octanol–water partition coefficient (Wildman–Crippen LogP) is 4.36. The van der Waals surface area contributed by atoms with E-state index < -0.39 is 0 Å². The topological polar surface area (TPSA) is 74.2 Å². The van der Waals surface area contributed by atoms with Crippen molar-refractivity contribution in [1.29, 1.82) is 0 Å². The molecule has 0 bridgehead atoms. The minimum Gasteiger partial charge on any atom is -0.469 e. The third kappa shape index (κ3) is 9.75. The van der Waals surface area contributed by atoms with Gasteiger partial charge in [0.1, 0.15) is 18.3 Å². The summed E-state index contributed by atoms with van der Waals surface area (Å²) < 4.78 is 4.61. The second-order valence-electron chi connectivity index (χ2n) is 6.25. The highest BCUT2D eigenvalue weighted by Crippen LogP contribution is 2.23. The molecule has 25 heavy (non-hydrogen) atoms. The van der Waals surface area contributed by atoms with Crippen LogP contribution < -0.4 is 0 Å². The molecule has 6 nitrogen and oxygen atoms in total. The van der Waals surface area contributed by atoms with Crippen molar-refractivity contribution in [1.82, 2.24) is 0 Å². The number of carbonyl (C=O) groups is 1. The molecule has 1 aliphatic heterocycles. The lowest BCUT2D eigenvalue weighted by Gasteiger charge is -2.14. The first kappa shape index (κ1) is 21.8. The summed E-state index contributed by atoms with van der Waals surface area (Å²) >= 11 is 0. The summed E-state index contributed by atoms with van der Waals surface area (Å²) in [6, 6.07) is 0. The number of carbonyl (C=O) groups excluding carboxylic acids is 1. The van der Waals surface area contributed by atoms with Gasteiger partial charge in [0.05, 0.1) is 7.11 Å². The molecular formula is C19H32O6. The number of rotatable bonds is 13. The van der Waals surface area contributed by atoms with Crippen LogP contribution in [-0.4, -0.2) is 36.6 Å². The van der Waals surface area contributed by atoms with Gasteiger partial charge in [0.25, 0.3) is 0 Å². The van der Waals surface area contributed by atoms with Crippen molar-refractivity contribution < 1.29 is 29.5 Å². The van der Waals surface area contributed by atoms with E-state index in [0.717, 1.165) is 32.1 Å². The summed E-state index contributed by atoms with van der Waals surface area (Å²) in [5.41, 5.74) is 0. The van der Waals surface area contributed by atoms with Crippen LogP contribution in [0.15, 0.2) is 24.3 Å². The lowest BCUT2D eigenvalue weighted by atomic mass is 10.1. The van der Waals surface area contributed by atoms with Gasteiger partial charge in [-0.15, -0.1) is 0 Å². The van der Waals surface area contributed by atoms with Crippen molar-refractivity contribution in [3.05, 3.63) is 24.3 Å². The van der Waals surface area contributed by atoms with Crippen LogP contribution in [-0.2, 0) is 24.2 Å². The van der Waals surface area contributed by atoms with Gasteiger partial charge in [-0.25, -0.2) is 14.7 Å². The van der Waals surface area contributed by atoms with E-state index in [1.165, 1.54) is 13.5 Å². The fourth-order valence-electron chi connectivity index (χ4n) is 2.71. The van der Waals surface area contributed by atoms with Gasteiger partial charge in [-0.1, -0.05) is 50.5 Å². The van der Waals surface area contributed by atoms with Crippen molar-refractivity contribution in [2.24, 2.45) is 0 Å². The highest BCUT2D eigenvalue weighted by molar-refractivity contribution is 5.68. The molecule has 1 fully saturated rings. The molecular weight excluding hydrogens is 324 g/mol. The monoisotopic (exact) mass is 356 g/mol. The lowest BCUT2D eigenvalue weighted by Crippen LogP contribution is -2.26. The largest absolute Gasteiger partial charge is 0.469 e. The molecule has 0 aromatic carbocycles. The molecule has 0 aromatic heterocycles. The minimum absolute atomic E-state index is 0.103. The number of methoxy groups -OCH3 is 1.